The number of halogens is 3. The van der Waals surface area contributed by atoms with Crippen LogP contribution in [0.3, 0.4) is 0 Å². The highest BCUT2D eigenvalue weighted by atomic mass is 35.6. The first-order valence-corrected chi connectivity index (χ1v) is 5.86. The lowest BCUT2D eigenvalue weighted by molar-refractivity contribution is -0.252. The number of aliphatic hydroxyl groups is 4. The summed E-state index contributed by atoms with van der Waals surface area (Å²) in [5.74, 6) is -3.66. The van der Waals surface area contributed by atoms with Crippen molar-refractivity contribution in [3.8, 4) is 0 Å². The molecule has 7 nitrogen and oxygen atoms in total. The molecular weight excluding hydrogens is 314 g/mol. The zero-order valence-electron chi connectivity index (χ0n) is 8.79. The largest absolute Gasteiger partial charge is 0.457 e. The van der Waals surface area contributed by atoms with Crippen LogP contribution in [0.1, 0.15) is 0 Å². The maximum absolute atomic E-state index is 11.1. The molecule has 1 rings (SSSR count). The molecule has 1 aliphatic rings. The van der Waals surface area contributed by atoms with Crippen molar-refractivity contribution >= 4 is 40.8 Å². The van der Waals surface area contributed by atoms with Gasteiger partial charge in [0.2, 0.25) is 5.79 Å². The van der Waals surface area contributed by atoms with E-state index in [1.807, 2.05) is 0 Å². The summed E-state index contributed by atoms with van der Waals surface area (Å²) in [6.45, 7) is -1.51. The molecule has 10 heteroatoms. The Morgan fingerprint density at radius 1 is 1.39 bits per heavy atom. The number of rotatable bonds is 3. The summed E-state index contributed by atoms with van der Waals surface area (Å²) in [7, 11) is 0. The molecule has 1 aliphatic heterocycles. The van der Waals surface area contributed by atoms with E-state index in [4.69, 9.17) is 44.6 Å². The maximum Gasteiger partial charge on any atom is 0.358 e. The molecule has 4 unspecified atom stereocenters. The van der Waals surface area contributed by atoms with Gasteiger partial charge in [-0.05, 0) is 0 Å². The van der Waals surface area contributed by atoms with Crippen LogP contribution >= 0.6 is 34.8 Å². The first-order chi connectivity index (χ1) is 8.12. The Bertz CT molecular complexity index is 320. The lowest BCUT2D eigenvalue weighted by Gasteiger charge is -2.25. The van der Waals surface area contributed by atoms with E-state index in [1.54, 1.807) is 0 Å². The fraction of sp³-hybridized carbons (Fsp3) is 0.875. The van der Waals surface area contributed by atoms with Crippen molar-refractivity contribution in [3.05, 3.63) is 0 Å². The van der Waals surface area contributed by atoms with E-state index in [-0.39, 0.29) is 0 Å². The molecule has 0 amide bonds. The predicted octanol–water partition coefficient (Wildman–Crippen LogP) is -1.30. The quantitative estimate of drug-likeness (QED) is 0.376. The van der Waals surface area contributed by atoms with E-state index in [2.05, 4.69) is 4.74 Å². The number of carbonyl (C=O) groups excluding carboxylic acids is 1. The standard InChI is InChI=1S/C8H11Cl3O7/c9-8(10,11)6(15)17-2-7(16)5(14)4(13)3(1-12)18-7/h3-5,12-14,16H,1-2H2. The van der Waals surface area contributed by atoms with E-state index < -0.39 is 47.1 Å². The fourth-order valence-corrected chi connectivity index (χ4v) is 1.55. The summed E-state index contributed by atoms with van der Waals surface area (Å²) in [6.07, 6.45) is -4.53. The molecule has 0 aromatic carbocycles. The highest BCUT2D eigenvalue weighted by Gasteiger charge is 2.54. The Morgan fingerprint density at radius 2 is 1.94 bits per heavy atom. The number of esters is 1. The Morgan fingerprint density at radius 3 is 2.33 bits per heavy atom. The monoisotopic (exact) mass is 324 g/mol. The van der Waals surface area contributed by atoms with Crippen LogP contribution in [0, 0.1) is 0 Å². The summed E-state index contributed by atoms with van der Waals surface area (Å²) in [5, 5.41) is 37.5. The Kier molecular flexibility index (Phi) is 5.07. The molecule has 106 valence electrons. The van der Waals surface area contributed by atoms with E-state index in [0.717, 1.165) is 0 Å². The van der Waals surface area contributed by atoms with Crippen molar-refractivity contribution < 1.29 is 34.7 Å². The van der Waals surface area contributed by atoms with Gasteiger partial charge >= 0.3 is 5.97 Å². The van der Waals surface area contributed by atoms with Gasteiger partial charge in [-0.3, -0.25) is 0 Å². The third-order valence-corrected chi connectivity index (χ3v) is 2.81. The number of hydrogen-bond acceptors (Lipinski definition) is 7. The van der Waals surface area contributed by atoms with Crippen LogP contribution in [-0.2, 0) is 14.3 Å². The minimum absolute atomic E-state index is 0.640. The Balaban J connectivity index is 2.64. The molecule has 0 aromatic rings. The zero-order chi connectivity index (χ0) is 14.1. The minimum atomic E-state index is -2.38. The lowest BCUT2D eigenvalue weighted by Crippen LogP contribution is -2.48. The first-order valence-electron chi connectivity index (χ1n) is 4.73. The molecule has 0 spiro atoms. The van der Waals surface area contributed by atoms with Crippen LogP contribution in [0.4, 0.5) is 0 Å². The van der Waals surface area contributed by atoms with Gasteiger partial charge < -0.3 is 29.9 Å². The zero-order valence-corrected chi connectivity index (χ0v) is 11.1. The van der Waals surface area contributed by atoms with Crippen LogP contribution in [0.2, 0.25) is 0 Å². The van der Waals surface area contributed by atoms with Gasteiger partial charge in [0.1, 0.15) is 24.9 Å². The highest BCUT2D eigenvalue weighted by molar-refractivity contribution is 6.75. The summed E-state index contributed by atoms with van der Waals surface area (Å²) in [4.78, 5) is 11.1. The topological polar surface area (TPSA) is 116 Å². The molecule has 0 aromatic heterocycles. The van der Waals surface area contributed by atoms with Crippen LogP contribution in [-0.4, -0.2) is 67.5 Å². The second-order valence-electron chi connectivity index (χ2n) is 3.69. The molecule has 0 saturated carbocycles. The van der Waals surface area contributed by atoms with E-state index >= 15 is 0 Å². The molecule has 1 fully saturated rings. The van der Waals surface area contributed by atoms with Crippen molar-refractivity contribution in [2.45, 2.75) is 27.9 Å². The van der Waals surface area contributed by atoms with Crippen LogP contribution < -0.4 is 0 Å². The van der Waals surface area contributed by atoms with Crippen molar-refractivity contribution in [2.24, 2.45) is 0 Å². The van der Waals surface area contributed by atoms with Gasteiger partial charge in [0.15, 0.2) is 0 Å². The van der Waals surface area contributed by atoms with Crippen molar-refractivity contribution in [2.75, 3.05) is 13.2 Å². The SMILES string of the molecule is O=C(OCC1(O)OC(CO)C(O)C1O)C(Cl)(Cl)Cl. The van der Waals surface area contributed by atoms with Gasteiger partial charge in [-0.15, -0.1) is 0 Å². The van der Waals surface area contributed by atoms with Gasteiger partial charge in [-0.25, -0.2) is 4.79 Å². The van der Waals surface area contributed by atoms with E-state index in [1.165, 1.54) is 0 Å². The second kappa shape index (κ2) is 5.64. The maximum atomic E-state index is 11.1. The summed E-state index contributed by atoms with van der Waals surface area (Å²) < 4.78 is 6.89. The van der Waals surface area contributed by atoms with Gasteiger partial charge in [0.25, 0.3) is 3.79 Å². The number of carbonyl (C=O) groups is 1. The predicted molar refractivity (Wildman–Crippen MR) is 60.2 cm³/mol. The third-order valence-electron chi connectivity index (χ3n) is 2.34. The molecule has 18 heavy (non-hydrogen) atoms. The number of alkyl halides is 3. The van der Waals surface area contributed by atoms with Gasteiger partial charge in [0.05, 0.1) is 6.61 Å². The second-order valence-corrected chi connectivity index (χ2v) is 5.97. The van der Waals surface area contributed by atoms with Crippen molar-refractivity contribution in [1.82, 2.24) is 0 Å². The summed E-state index contributed by atoms with van der Waals surface area (Å²) >= 11 is 15.7. The first kappa shape index (κ1) is 16.2. The normalized spacial score (nSPS) is 36.7. The van der Waals surface area contributed by atoms with E-state index in [9.17, 15) is 20.1 Å². The number of aliphatic hydroxyl groups excluding tert-OH is 3. The smallest absolute Gasteiger partial charge is 0.358 e. The molecular formula is C8H11Cl3O7. The molecule has 4 atom stereocenters. The van der Waals surface area contributed by atoms with Crippen LogP contribution in [0.15, 0.2) is 0 Å². The molecule has 0 aliphatic carbocycles. The van der Waals surface area contributed by atoms with Gasteiger partial charge in [-0.2, -0.15) is 0 Å². The highest BCUT2D eigenvalue weighted by Crippen LogP contribution is 2.32. The Hall–Kier alpha value is 0.140. The van der Waals surface area contributed by atoms with Gasteiger partial charge in [0, 0.05) is 0 Å². The van der Waals surface area contributed by atoms with Crippen molar-refractivity contribution in [1.29, 1.82) is 0 Å². The van der Waals surface area contributed by atoms with Gasteiger partial charge in [-0.1, -0.05) is 34.8 Å². The third kappa shape index (κ3) is 3.37. The van der Waals surface area contributed by atoms with Crippen LogP contribution in [0.5, 0.6) is 0 Å². The molecule has 4 N–H and O–H groups in total. The number of ether oxygens (including phenoxy) is 2. The lowest BCUT2D eigenvalue weighted by atomic mass is 10.1. The molecule has 0 bridgehead atoms. The molecule has 1 saturated heterocycles. The van der Waals surface area contributed by atoms with Crippen molar-refractivity contribution in [3.63, 3.8) is 0 Å². The average Bonchev–Trinajstić information content (AvgIpc) is 2.50. The van der Waals surface area contributed by atoms with Crippen LogP contribution in [0.25, 0.3) is 0 Å². The number of hydrogen-bond donors (Lipinski definition) is 4. The molecule has 0 radical (unpaired) electrons. The summed E-state index contributed by atoms with van der Waals surface area (Å²) in [5.41, 5.74) is 0. The average molecular weight is 326 g/mol. The summed E-state index contributed by atoms with van der Waals surface area (Å²) in [6, 6.07) is 0. The Labute approximate surface area is 117 Å². The fourth-order valence-electron chi connectivity index (χ4n) is 1.39. The van der Waals surface area contributed by atoms with E-state index in [0.29, 0.717) is 0 Å². The molecule has 1 heterocycles. The minimum Gasteiger partial charge on any atom is -0.457 e.